The van der Waals surface area contributed by atoms with Gasteiger partial charge < -0.3 is 9.80 Å². The van der Waals surface area contributed by atoms with Crippen molar-refractivity contribution in [2.75, 3.05) is 45.8 Å². The summed E-state index contributed by atoms with van der Waals surface area (Å²) in [5.74, 6) is 0.984. The van der Waals surface area contributed by atoms with Crippen LogP contribution in [0.3, 0.4) is 0 Å². The first kappa shape index (κ1) is 15.0. The third-order valence-electron chi connectivity index (χ3n) is 4.55. The van der Waals surface area contributed by atoms with E-state index >= 15 is 0 Å². The van der Waals surface area contributed by atoms with Crippen LogP contribution in [-0.4, -0.2) is 64.8 Å². The molecule has 106 valence electrons. The molecule has 0 atom stereocenters. The summed E-state index contributed by atoms with van der Waals surface area (Å²) in [6.45, 7) is 13.7. The van der Waals surface area contributed by atoms with E-state index in [1.165, 1.54) is 65.1 Å². The Morgan fingerprint density at radius 2 is 1.61 bits per heavy atom. The smallest absolute Gasteiger partial charge is 0.0209 e. The Labute approximate surface area is 126 Å². The summed E-state index contributed by atoms with van der Waals surface area (Å²) in [5, 5.41) is 0. The Morgan fingerprint density at radius 3 is 2.17 bits per heavy atom. The van der Waals surface area contributed by atoms with Crippen molar-refractivity contribution in [3.05, 3.63) is 0 Å². The summed E-state index contributed by atoms with van der Waals surface area (Å²) in [6, 6.07) is 0.739. The molecule has 0 saturated carbocycles. The largest absolute Gasteiger partial charge is 0.301 e. The van der Waals surface area contributed by atoms with Gasteiger partial charge >= 0.3 is 0 Å². The normalized spacial score (nSPS) is 26.0. The molecule has 2 heterocycles. The zero-order chi connectivity index (χ0) is 13.0. The summed E-state index contributed by atoms with van der Waals surface area (Å²) in [6.07, 6.45) is 4.27. The second-order valence-electron chi connectivity index (χ2n) is 6.11. The fourth-order valence-electron chi connectivity index (χ4n) is 3.07. The van der Waals surface area contributed by atoms with Crippen LogP contribution in [0, 0.1) is 5.92 Å². The summed E-state index contributed by atoms with van der Waals surface area (Å²) in [7, 11) is 0. The van der Waals surface area contributed by atoms with Crippen molar-refractivity contribution in [3.8, 4) is 0 Å². The number of nitrogens with zero attached hydrogens (tertiary/aromatic N) is 3. The molecule has 2 aliphatic rings. The van der Waals surface area contributed by atoms with Gasteiger partial charge in [-0.25, -0.2) is 3.11 Å². The Bertz CT molecular complexity index is 231. The van der Waals surface area contributed by atoms with Crippen molar-refractivity contribution >= 4 is 22.9 Å². The van der Waals surface area contributed by atoms with Gasteiger partial charge in [-0.05, 0) is 58.7 Å². The van der Waals surface area contributed by atoms with E-state index in [9.17, 15) is 0 Å². The summed E-state index contributed by atoms with van der Waals surface area (Å²) >= 11 is 2.45. The van der Waals surface area contributed by atoms with E-state index in [0.29, 0.717) is 0 Å². The molecule has 0 aromatic heterocycles. The molecule has 0 bridgehead atoms. The molecular formula is C14H28IN3. The van der Waals surface area contributed by atoms with Crippen molar-refractivity contribution in [2.45, 2.75) is 39.2 Å². The number of hydrogen-bond donors (Lipinski definition) is 0. The van der Waals surface area contributed by atoms with Crippen LogP contribution in [-0.2, 0) is 0 Å². The van der Waals surface area contributed by atoms with Gasteiger partial charge in [0.25, 0.3) is 0 Å². The predicted octanol–water partition coefficient (Wildman–Crippen LogP) is 2.46. The molecule has 2 aliphatic heterocycles. The maximum Gasteiger partial charge on any atom is 0.0209 e. The Morgan fingerprint density at radius 1 is 1.00 bits per heavy atom. The van der Waals surface area contributed by atoms with Crippen LogP contribution in [0.5, 0.6) is 0 Å². The molecule has 0 amide bonds. The Balaban J connectivity index is 1.60. The van der Waals surface area contributed by atoms with Gasteiger partial charge in [0.1, 0.15) is 0 Å². The van der Waals surface area contributed by atoms with Crippen LogP contribution in [0.2, 0.25) is 0 Å². The lowest BCUT2D eigenvalue weighted by atomic mass is 9.92. The van der Waals surface area contributed by atoms with E-state index in [2.05, 4.69) is 49.6 Å². The molecule has 18 heavy (non-hydrogen) atoms. The van der Waals surface area contributed by atoms with E-state index in [1.54, 1.807) is 0 Å². The average Bonchev–Trinajstić information content (AvgIpc) is 2.38. The summed E-state index contributed by atoms with van der Waals surface area (Å²) in [4.78, 5) is 5.29. The first-order chi connectivity index (χ1) is 8.65. The van der Waals surface area contributed by atoms with Crippen molar-refractivity contribution in [3.63, 3.8) is 0 Å². The highest BCUT2D eigenvalue weighted by molar-refractivity contribution is 14.1. The molecule has 0 spiro atoms. The van der Waals surface area contributed by atoms with E-state index < -0.39 is 0 Å². The van der Waals surface area contributed by atoms with Crippen molar-refractivity contribution in [1.29, 1.82) is 0 Å². The minimum absolute atomic E-state index is 0.739. The number of piperazine rings is 1. The van der Waals surface area contributed by atoms with Crippen LogP contribution in [0.15, 0.2) is 0 Å². The molecule has 4 heteroatoms. The Hall–Kier alpha value is 0.610. The summed E-state index contributed by atoms with van der Waals surface area (Å²) < 4.78 is 2.41. The standard InChI is InChI=1S/C14H28IN3/c1-13(2)17-7-4-14(5-8-17)3-6-16-9-11-18(15)12-10-16/h13-14H,3-12H2,1-2H3. The molecule has 0 radical (unpaired) electrons. The molecule has 2 fully saturated rings. The highest BCUT2D eigenvalue weighted by atomic mass is 127. The van der Waals surface area contributed by atoms with E-state index in [-0.39, 0.29) is 0 Å². The van der Waals surface area contributed by atoms with Crippen LogP contribution in [0.25, 0.3) is 0 Å². The van der Waals surface area contributed by atoms with Gasteiger partial charge in [0, 0.05) is 55.1 Å². The van der Waals surface area contributed by atoms with Crippen LogP contribution < -0.4 is 0 Å². The second-order valence-corrected chi connectivity index (χ2v) is 7.48. The number of halogens is 1. The molecule has 0 aromatic carbocycles. The highest BCUT2D eigenvalue weighted by Gasteiger charge is 2.22. The first-order valence-corrected chi connectivity index (χ1v) is 8.49. The van der Waals surface area contributed by atoms with Gasteiger partial charge in [-0.15, -0.1) is 0 Å². The number of hydrogen-bond acceptors (Lipinski definition) is 3. The lowest BCUT2D eigenvalue weighted by Gasteiger charge is -2.36. The molecule has 0 N–H and O–H groups in total. The SMILES string of the molecule is CC(C)N1CCC(CCN2CCN(I)CC2)CC1. The van der Waals surface area contributed by atoms with Gasteiger partial charge in [0.15, 0.2) is 0 Å². The number of rotatable bonds is 4. The molecule has 0 unspecified atom stereocenters. The van der Waals surface area contributed by atoms with Crippen molar-refractivity contribution in [2.24, 2.45) is 5.92 Å². The third-order valence-corrected chi connectivity index (χ3v) is 5.52. The fourth-order valence-corrected chi connectivity index (χ4v) is 3.50. The fraction of sp³-hybridized carbons (Fsp3) is 1.00. The molecule has 3 nitrogen and oxygen atoms in total. The van der Waals surface area contributed by atoms with Crippen LogP contribution in [0.1, 0.15) is 33.1 Å². The zero-order valence-electron chi connectivity index (χ0n) is 11.9. The van der Waals surface area contributed by atoms with Gasteiger partial charge in [-0.3, -0.25) is 0 Å². The monoisotopic (exact) mass is 365 g/mol. The molecule has 2 rings (SSSR count). The van der Waals surface area contributed by atoms with Gasteiger partial charge in [-0.1, -0.05) is 0 Å². The van der Waals surface area contributed by atoms with E-state index in [0.717, 1.165) is 12.0 Å². The Kier molecular flexibility index (Phi) is 6.18. The number of likely N-dealkylation sites (tertiary alicyclic amines) is 1. The lowest BCUT2D eigenvalue weighted by Crippen LogP contribution is -2.43. The molecular weight excluding hydrogens is 337 g/mol. The van der Waals surface area contributed by atoms with Gasteiger partial charge in [0.2, 0.25) is 0 Å². The van der Waals surface area contributed by atoms with E-state index in [1.807, 2.05) is 0 Å². The van der Waals surface area contributed by atoms with Crippen LogP contribution >= 0.6 is 22.9 Å². The molecule has 0 aliphatic carbocycles. The second kappa shape index (κ2) is 7.41. The first-order valence-electron chi connectivity index (χ1n) is 7.52. The van der Waals surface area contributed by atoms with Crippen molar-refractivity contribution in [1.82, 2.24) is 12.9 Å². The number of piperidine rings is 1. The zero-order valence-corrected chi connectivity index (χ0v) is 14.1. The minimum Gasteiger partial charge on any atom is -0.301 e. The molecule has 2 saturated heterocycles. The summed E-state index contributed by atoms with van der Waals surface area (Å²) in [5.41, 5.74) is 0. The topological polar surface area (TPSA) is 9.72 Å². The quantitative estimate of drug-likeness (QED) is 0.560. The van der Waals surface area contributed by atoms with Gasteiger partial charge in [-0.2, -0.15) is 0 Å². The maximum atomic E-state index is 2.66. The lowest BCUT2D eigenvalue weighted by molar-refractivity contribution is 0.130. The van der Waals surface area contributed by atoms with Gasteiger partial charge in [0.05, 0.1) is 0 Å². The molecule has 0 aromatic rings. The van der Waals surface area contributed by atoms with Crippen LogP contribution in [0.4, 0.5) is 0 Å². The predicted molar refractivity (Wildman–Crippen MR) is 86.1 cm³/mol. The van der Waals surface area contributed by atoms with Crippen molar-refractivity contribution < 1.29 is 0 Å². The minimum atomic E-state index is 0.739. The maximum absolute atomic E-state index is 2.66. The highest BCUT2D eigenvalue weighted by Crippen LogP contribution is 2.22. The third kappa shape index (κ3) is 4.62. The van der Waals surface area contributed by atoms with E-state index in [4.69, 9.17) is 0 Å². The average molecular weight is 365 g/mol.